The van der Waals surface area contributed by atoms with Crippen molar-refractivity contribution in [3.8, 4) is 28.3 Å². The van der Waals surface area contributed by atoms with E-state index in [-0.39, 0.29) is 0 Å². The number of hydrogen-bond acceptors (Lipinski definition) is 6. The summed E-state index contributed by atoms with van der Waals surface area (Å²) in [5.41, 5.74) is 4.14. The average Bonchev–Trinajstić information content (AvgIpc) is 3.36. The van der Waals surface area contributed by atoms with E-state index in [4.69, 9.17) is 9.26 Å². The molecule has 4 aromatic rings. The largest absolute Gasteiger partial charge is 0.497 e. The van der Waals surface area contributed by atoms with E-state index < -0.39 is 0 Å². The van der Waals surface area contributed by atoms with Crippen molar-refractivity contribution in [2.75, 3.05) is 12.4 Å². The van der Waals surface area contributed by atoms with Gasteiger partial charge in [0.2, 0.25) is 5.82 Å². The van der Waals surface area contributed by atoms with E-state index in [0.29, 0.717) is 18.4 Å². The number of methoxy groups -OCH3 is 1. The highest BCUT2D eigenvalue weighted by Crippen LogP contribution is 2.23. The smallest absolute Gasteiger partial charge is 0.322 e. The Kier molecular flexibility index (Phi) is 4.57. The van der Waals surface area contributed by atoms with Crippen LogP contribution >= 0.6 is 0 Å². The quantitative estimate of drug-likeness (QED) is 0.563. The number of ether oxygens (including phenoxy) is 1. The standard InChI is InChI=1S/C20H19N5O2/c1-25-13-17(12-22-25)15-6-3-5-14(9-15)11-21-20-23-19(24-27-20)16-7-4-8-18(10-16)26-2/h3-10,12-13H,11H2,1-2H3,(H,21,23,24). The van der Waals surface area contributed by atoms with Crippen molar-refractivity contribution >= 4 is 6.01 Å². The summed E-state index contributed by atoms with van der Waals surface area (Å²) in [5, 5.41) is 11.4. The molecule has 0 bridgehead atoms. The first-order valence-corrected chi connectivity index (χ1v) is 8.51. The van der Waals surface area contributed by atoms with Gasteiger partial charge in [0.1, 0.15) is 5.75 Å². The second-order valence-corrected chi connectivity index (χ2v) is 6.11. The van der Waals surface area contributed by atoms with E-state index >= 15 is 0 Å². The van der Waals surface area contributed by atoms with E-state index in [1.807, 2.05) is 55.8 Å². The minimum atomic E-state index is 0.375. The predicted molar refractivity (Wildman–Crippen MR) is 102 cm³/mol. The molecule has 27 heavy (non-hydrogen) atoms. The van der Waals surface area contributed by atoms with Crippen LogP contribution in [0.3, 0.4) is 0 Å². The van der Waals surface area contributed by atoms with Crippen molar-refractivity contribution in [3.05, 3.63) is 66.5 Å². The summed E-state index contributed by atoms with van der Waals surface area (Å²) >= 11 is 0. The molecule has 136 valence electrons. The highest BCUT2D eigenvalue weighted by atomic mass is 16.5. The lowest BCUT2D eigenvalue weighted by molar-refractivity contribution is 0.414. The Morgan fingerprint density at radius 2 is 1.93 bits per heavy atom. The van der Waals surface area contributed by atoms with Gasteiger partial charge < -0.3 is 14.6 Å². The third kappa shape index (κ3) is 3.82. The fourth-order valence-corrected chi connectivity index (χ4v) is 2.78. The number of benzene rings is 2. The predicted octanol–water partition coefficient (Wildman–Crippen LogP) is 3.76. The zero-order valence-electron chi connectivity index (χ0n) is 15.1. The normalized spacial score (nSPS) is 10.7. The molecule has 0 aliphatic rings. The first-order valence-electron chi connectivity index (χ1n) is 8.51. The molecule has 2 aromatic carbocycles. The van der Waals surface area contributed by atoms with Crippen LogP contribution in [-0.2, 0) is 13.6 Å². The van der Waals surface area contributed by atoms with Gasteiger partial charge in [0, 0.05) is 30.9 Å². The van der Waals surface area contributed by atoms with Crippen molar-refractivity contribution in [1.82, 2.24) is 19.9 Å². The second-order valence-electron chi connectivity index (χ2n) is 6.11. The Morgan fingerprint density at radius 3 is 2.74 bits per heavy atom. The van der Waals surface area contributed by atoms with Gasteiger partial charge in [-0.05, 0) is 29.3 Å². The van der Waals surface area contributed by atoms with Gasteiger partial charge in [0.05, 0.1) is 13.3 Å². The molecule has 1 N–H and O–H groups in total. The fraction of sp³-hybridized carbons (Fsp3) is 0.150. The number of hydrogen-bond donors (Lipinski definition) is 1. The van der Waals surface area contributed by atoms with Gasteiger partial charge in [-0.2, -0.15) is 10.1 Å². The third-order valence-corrected chi connectivity index (χ3v) is 4.16. The molecule has 0 amide bonds. The number of rotatable bonds is 6. The van der Waals surface area contributed by atoms with Crippen LogP contribution in [0.5, 0.6) is 5.75 Å². The summed E-state index contributed by atoms with van der Waals surface area (Å²) in [6.45, 7) is 0.577. The van der Waals surface area contributed by atoms with Crippen LogP contribution in [0.4, 0.5) is 6.01 Å². The summed E-state index contributed by atoms with van der Waals surface area (Å²) in [7, 11) is 3.53. The number of anilines is 1. The van der Waals surface area contributed by atoms with E-state index in [1.54, 1.807) is 11.8 Å². The molecular formula is C20H19N5O2. The molecule has 0 fully saturated rings. The molecule has 0 unspecified atom stereocenters. The Labute approximate surface area is 156 Å². The lowest BCUT2D eigenvalue weighted by Crippen LogP contribution is -1.99. The summed E-state index contributed by atoms with van der Waals surface area (Å²) in [6.07, 6.45) is 3.84. The maximum atomic E-state index is 5.31. The second kappa shape index (κ2) is 7.33. The van der Waals surface area contributed by atoms with Gasteiger partial charge in [-0.15, -0.1) is 0 Å². The van der Waals surface area contributed by atoms with Gasteiger partial charge in [-0.25, -0.2) is 0 Å². The maximum Gasteiger partial charge on any atom is 0.322 e. The van der Waals surface area contributed by atoms with Gasteiger partial charge in [0.25, 0.3) is 0 Å². The van der Waals surface area contributed by atoms with Crippen LogP contribution in [-0.4, -0.2) is 27.0 Å². The minimum Gasteiger partial charge on any atom is -0.497 e. The van der Waals surface area contributed by atoms with Crippen molar-refractivity contribution < 1.29 is 9.26 Å². The van der Waals surface area contributed by atoms with Gasteiger partial charge >= 0.3 is 6.01 Å². The summed E-state index contributed by atoms with van der Waals surface area (Å²) in [6, 6.07) is 16.2. The topological polar surface area (TPSA) is 78.0 Å². The number of aryl methyl sites for hydroxylation is 1. The molecule has 2 aromatic heterocycles. The van der Waals surface area contributed by atoms with Crippen LogP contribution in [0.25, 0.3) is 22.5 Å². The Bertz CT molecular complexity index is 1050. The van der Waals surface area contributed by atoms with E-state index in [0.717, 1.165) is 28.0 Å². The molecule has 0 atom stereocenters. The monoisotopic (exact) mass is 361 g/mol. The third-order valence-electron chi connectivity index (χ3n) is 4.16. The van der Waals surface area contributed by atoms with Gasteiger partial charge in [0.15, 0.2) is 0 Å². The molecule has 4 rings (SSSR count). The van der Waals surface area contributed by atoms with E-state index in [1.165, 1.54) is 0 Å². The van der Waals surface area contributed by atoms with Crippen molar-refractivity contribution in [1.29, 1.82) is 0 Å². The Hall–Kier alpha value is -3.61. The van der Waals surface area contributed by atoms with Crippen LogP contribution in [0.1, 0.15) is 5.56 Å². The Morgan fingerprint density at radius 1 is 1.07 bits per heavy atom. The number of nitrogens with zero attached hydrogens (tertiary/aromatic N) is 4. The molecular weight excluding hydrogens is 342 g/mol. The lowest BCUT2D eigenvalue weighted by atomic mass is 10.1. The molecule has 0 radical (unpaired) electrons. The minimum absolute atomic E-state index is 0.375. The number of aromatic nitrogens is 4. The fourth-order valence-electron chi connectivity index (χ4n) is 2.78. The summed E-state index contributed by atoms with van der Waals surface area (Å²) in [4.78, 5) is 4.40. The summed E-state index contributed by atoms with van der Waals surface area (Å²) in [5.74, 6) is 1.26. The highest BCUT2D eigenvalue weighted by molar-refractivity contribution is 5.62. The lowest BCUT2D eigenvalue weighted by Gasteiger charge is -2.04. The van der Waals surface area contributed by atoms with Crippen LogP contribution in [0, 0.1) is 0 Å². The Balaban J connectivity index is 1.46. The van der Waals surface area contributed by atoms with Crippen molar-refractivity contribution in [2.45, 2.75) is 6.54 Å². The molecule has 0 saturated carbocycles. The van der Waals surface area contributed by atoms with Crippen LogP contribution in [0.2, 0.25) is 0 Å². The van der Waals surface area contributed by atoms with Gasteiger partial charge in [-0.3, -0.25) is 4.68 Å². The first-order chi connectivity index (χ1) is 13.2. The van der Waals surface area contributed by atoms with E-state index in [2.05, 4.69) is 32.7 Å². The molecule has 0 spiro atoms. The van der Waals surface area contributed by atoms with Crippen LogP contribution < -0.4 is 10.1 Å². The van der Waals surface area contributed by atoms with Crippen molar-refractivity contribution in [2.24, 2.45) is 7.05 Å². The first kappa shape index (κ1) is 16.8. The van der Waals surface area contributed by atoms with Gasteiger partial charge in [-0.1, -0.05) is 35.5 Å². The average molecular weight is 361 g/mol. The maximum absolute atomic E-state index is 5.31. The van der Waals surface area contributed by atoms with Crippen LogP contribution in [0.15, 0.2) is 65.4 Å². The van der Waals surface area contributed by atoms with Crippen molar-refractivity contribution in [3.63, 3.8) is 0 Å². The summed E-state index contributed by atoms with van der Waals surface area (Å²) < 4.78 is 12.3. The SMILES string of the molecule is COc1cccc(-c2noc(NCc3cccc(-c4cnn(C)c4)c3)n2)c1. The van der Waals surface area contributed by atoms with E-state index in [9.17, 15) is 0 Å². The molecule has 0 saturated heterocycles. The molecule has 0 aliphatic heterocycles. The molecule has 7 nitrogen and oxygen atoms in total. The number of nitrogens with one attached hydrogen (secondary N) is 1. The zero-order valence-corrected chi connectivity index (χ0v) is 15.1. The zero-order chi connectivity index (χ0) is 18.6. The molecule has 7 heteroatoms. The highest BCUT2D eigenvalue weighted by Gasteiger charge is 2.09. The molecule has 0 aliphatic carbocycles. The molecule has 2 heterocycles.